The van der Waals surface area contributed by atoms with Gasteiger partial charge in [-0.25, -0.2) is 0 Å². The summed E-state index contributed by atoms with van der Waals surface area (Å²) in [7, 11) is 0. The summed E-state index contributed by atoms with van der Waals surface area (Å²) >= 11 is 0. The van der Waals surface area contributed by atoms with E-state index in [-0.39, 0.29) is 5.91 Å². The molecule has 1 saturated heterocycles. The van der Waals surface area contributed by atoms with Crippen molar-refractivity contribution >= 4 is 5.91 Å². The number of nitrogens with zero attached hydrogens (tertiary/aromatic N) is 3. The van der Waals surface area contributed by atoms with Gasteiger partial charge < -0.3 is 4.90 Å². The number of aromatic amines is 1. The number of carbonyl (C=O) groups excluding carboxylic acids is 1. The Morgan fingerprint density at radius 2 is 2.29 bits per heavy atom. The maximum Gasteiger partial charge on any atom is 0.222 e. The molecule has 0 saturated carbocycles. The third-order valence-corrected chi connectivity index (χ3v) is 4.99. The van der Waals surface area contributed by atoms with E-state index in [0.717, 1.165) is 43.7 Å². The fraction of sp³-hybridized carbons (Fsp3) is 0.526. The Kier molecular flexibility index (Phi) is 5.28. The van der Waals surface area contributed by atoms with Gasteiger partial charge in [0.05, 0.1) is 5.69 Å². The lowest BCUT2D eigenvalue weighted by Gasteiger charge is -2.33. The molecule has 1 atom stereocenters. The molecule has 3 heterocycles. The average Bonchev–Trinajstić information content (AvgIpc) is 2.92. The molecular weight excluding hydrogens is 300 g/mol. The topological polar surface area (TPSA) is 61.9 Å². The first-order valence-electron chi connectivity index (χ1n) is 8.80. The summed E-state index contributed by atoms with van der Waals surface area (Å²) in [5, 5.41) is 7.20. The van der Waals surface area contributed by atoms with Crippen LogP contribution in [0.1, 0.15) is 41.8 Å². The minimum absolute atomic E-state index is 0.269. The molecule has 5 heteroatoms. The third-order valence-electron chi connectivity index (χ3n) is 4.99. The van der Waals surface area contributed by atoms with Crippen LogP contribution >= 0.6 is 0 Å². The summed E-state index contributed by atoms with van der Waals surface area (Å²) in [6.45, 7) is 5.78. The van der Waals surface area contributed by atoms with Crippen molar-refractivity contribution in [3.8, 4) is 0 Å². The first-order valence-corrected chi connectivity index (χ1v) is 8.80. The molecule has 0 radical (unpaired) electrons. The van der Waals surface area contributed by atoms with Gasteiger partial charge >= 0.3 is 0 Å². The fourth-order valence-corrected chi connectivity index (χ4v) is 3.64. The maximum atomic E-state index is 12.6. The highest BCUT2D eigenvalue weighted by molar-refractivity contribution is 5.76. The number of carbonyl (C=O) groups is 1. The van der Waals surface area contributed by atoms with Crippen molar-refractivity contribution in [1.29, 1.82) is 0 Å². The second-order valence-corrected chi connectivity index (χ2v) is 6.83. The molecule has 1 aliphatic heterocycles. The Labute approximate surface area is 143 Å². The number of piperidine rings is 1. The molecule has 2 aromatic rings. The second-order valence-electron chi connectivity index (χ2n) is 6.83. The van der Waals surface area contributed by atoms with E-state index >= 15 is 0 Å². The van der Waals surface area contributed by atoms with Gasteiger partial charge in [-0.15, -0.1) is 0 Å². The van der Waals surface area contributed by atoms with Crippen LogP contribution in [0.4, 0.5) is 0 Å². The zero-order valence-electron chi connectivity index (χ0n) is 14.6. The Morgan fingerprint density at radius 1 is 1.42 bits per heavy atom. The molecule has 24 heavy (non-hydrogen) atoms. The van der Waals surface area contributed by atoms with E-state index in [1.54, 1.807) is 6.20 Å². The van der Waals surface area contributed by atoms with Gasteiger partial charge in [-0.1, -0.05) is 6.07 Å². The van der Waals surface area contributed by atoms with Crippen molar-refractivity contribution in [3.05, 3.63) is 47.0 Å². The van der Waals surface area contributed by atoms with Crippen LogP contribution in [0.3, 0.4) is 0 Å². The smallest absolute Gasteiger partial charge is 0.222 e. The highest BCUT2D eigenvalue weighted by atomic mass is 16.2. The van der Waals surface area contributed by atoms with Gasteiger partial charge in [0.15, 0.2) is 0 Å². The number of amides is 1. The Morgan fingerprint density at radius 3 is 3.00 bits per heavy atom. The summed E-state index contributed by atoms with van der Waals surface area (Å²) in [6.07, 6.45) is 8.39. The Hall–Kier alpha value is -2.17. The van der Waals surface area contributed by atoms with Crippen LogP contribution in [0, 0.1) is 19.8 Å². The Balaban J connectivity index is 1.53. The van der Waals surface area contributed by atoms with Crippen molar-refractivity contribution < 1.29 is 4.79 Å². The van der Waals surface area contributed by atoms with E-state index in [2.05, 4.69) is 26.1 Å². The number of hydrogen-bond donors (Lipinski definition) is 1. The molecule has 0 aromatic carbocycles. The quantitative estimate of drug-likeness (QED) is 0.919. The summed E-state index contributed by atoms with van der Waals surface area (Å²) in [6, 6.07) is 4.11. The van der Waals surface area contributed by atoms with Crippen molar-refractivity contribution in [2.45, 2.75) is 46.0 Å². The molecule has 128 valence electrons. The molecule has 3 rings (SSSR count). The van der Waals surface area contributed by atoms with Crippen LogP contribution in [-0.2, 0) is 17.6 Å². The Bertz CT molecular complexity index is 660. The molecule has 0 unspecified atom stereocenters. The number of nitrogens with one attached hydrogen (secondary N) is 1. The van der Waals surface area contributed by atoms with Gasteiger partial charge in [-0.05, 0) is 62.6 Å². The summed E-state index contributed by atoms with van der Waals surface area (Å²) < 4.78 is 0. The van der Waals surface area contributed by atoms with E-state index in [0.29, 0.717) is 12.3 Å². The molecule has 1 aliphatic rings. The van der Waals surface area contributed by atoms with Crippen LogP contribution in [0.5, 0.6) is 0 Å². The number of aryl methyl sites for hydroxylation is 2. The fourth-order valence-electron chi connectivity index (χ4n) is 3.64. The summed E-state index contributed by atoms with van der Waals surface area (Å²) in [5.74, 6) is 0.815. The molecule has 5 nitrogen and oxygen atoms in total. The van der Waals surface area contributed by atoms with Crippen molar-refractivity contribution in [1.82, 2.24) is 20.1 Å². The molecule has 2 aromatic heterocycles. The second kappa shape index (κ2) is 7.60. The van der Waals surface area contributed by atoms with Crippen LogP contribution in [0.2, 0.25) is 0 Å². The summed E-state index contributed by atoms with van der Waals surface area (Å²) in [4.78, 5) is 18.8. The van der Waals surface area contributed by atoms with Crippen molar-refractivity contribution in [2.24, 2.45) is 5.92 Å². The van der Waals surface area contributed by atoms with Crippen molar-refractivity contribution in [2.75, 3.05) is 13.1 Å². The SMILES string of the molecule is Cc1n[nH]c(C)c1CCC(=O)N1CCC[C@H](Cc2cccnc2)C1. The van der Waals surface area contributed by atoms with Crippen molar-refractivity contribution in [3.63, 3.8) is 0 Å². The molecule has 0 aliphatic carbocycles. The number of pyridine rings is 1. The lowest BCUT2D eigenvalue weighted by Crippen LogP contribution is -2.40. The zero-order chi connectivity index (χ0) is 16.9. The molecular formula is C19H26N4O. The standard InChI is InChI=1S/C19H26N4O/c1-14-18(15(2)22-21-14)7-8-19(24)23-10-4-6-17(13-23)11-16-5-3-9-20-12-16/h3,5,9,12,17H,4,6-8,10-11,13H2,1-2H3,(H,21,22)/t17-/m1/s1. The summed E-state index contributed by atoms with van der Waals surface area (Å²) in [5.41, 5.74) is 4.54. The van der Waals surface area contributed by atoms with Gasteiger partial charge in [0.1, 0.15) is 0 Å². The van der Waals surface area contributed by atoms with Crippen LogP contribution in [-0.4, -0.2) is 39.1 Å². The van der Waals surface area contributed by atoms with E-state index in [1.165, 1.54) is 17.5 Å². The third kappa shape index (κ3) is 4.02. The van der Waals surface area contributed by atoms with E-state index in [1.807, 2.05) is 26.1 Å². The monoisotopic (exact) mass is 326 g/mol. The molecule has 1 fully saturated rings. The first kappa shape index (κ1) is 16.7. The number of hydrogen-bond acceptors (Lipinski definition) is 3. The maximum absolute atomic E-state index is 12.6. The van der Waals surface area contributed by atoms with Gasteiger partial charge in [0.25, 0.3) is 0 Å². The van der Waals surface area contributed by atoms with Crippen LogP contribution in [0.25, 0.3) is 0 Å². The van der Waals surface area contributed by atoms with Crippen LogP contribution in [0.15, 0.2) is 24.5 Å². The lowest BCUT2D eigenvalue weighted by molar-refractivity contribution is -0.132. The predicted molar refractivity (Wildman–Crippen MR) is 93.6 cm³/mol. The van der Waals surface area contributed by atoms with E-state index in [9.17, 15) is 4.79 Å². The molecule has 0 spiro atoms. The number of rotatable bonds is 5. The lowest BCUT2D eigenvalue weighted by atomic mass is 9.91. The largest absolute Gasteiger partial charge is 0.342 e. The van der Waals surface area contributed by atoms with E-state index < -0.39 is 0 Å². The number of H-pyrrole nitrogens is 1. The number of aromatic nitrogens is 3. The minimum Gasteiger partial charge on any atom is -0.342 e. The van der Waals surface area contributed by atoms with Gasteiger partial charge in [-0.2, -0.15) is 5.10 Å². The van der Waals surface area contributed by atoms with Gasteiger partial charge in [0, 0.05) is 37.6 Å². The van der Waals surface area contributed by atoms with Gasteiger partial charge in [-0.3, -0.25) is 14.9 Å². The predicted octanol–water partition coefficient (Wildman–Crippen LogP) is 2.84. The first-order chi connectivity index (χ1) is 11.6. The molecule has 0 bridgehead atoms. The van der Waals surface area contributed by atoms with E-state index in [4.69, 9.17) is 0 Å². The normalized spacial score (nSPS) is 17.9. The van der Waals surface area contributed by atoms with Gasteiger partial charge in [0.2, 0.25) is 5.91 Å². The minimum atomic E-state index is 0.269. The molecule has 1 N–H and O–H groups in total. The zero-order valence-corrected chi connectivity index (χ0v) is 14.6. The average molecular weight is 326 g/mol. The van der Waals surface area contributed by atoms with Crippen LogP contribution < -0.4 is 0 Å². The molecule has 1 amide bonds. The highest BCUT2D eigenvalue weighted by Crippen LogP contribution is 2.22. The number of likely N-dealkylation sites (tertiary alicyclic amines) is 1. The highest BCUT2D eigenvalue weighted by Gasteiger charge is 2.24.